The highest BCUT2D eigenvalue weighted by atomic mass is 32.1. The zero-order chi connectivity index (χ0) is 13.9. The van der Waals surface area contributed by atoms with Crippen molar-refractivity contribution >= 4 is 26.7 Å². The van der Waals surface area contributed by atoms with Crippen LogP contribution < -0.4 is 0 Å². The smallest absolute Gasteiger partial charge is 0.337 e. The van der Waals surface area contributed by atoms with E-state index in [1.807, 2.05) is 6.92 Å². The highest BCUT2D eigenvalue weighted by Gasteiger charge is 2.11. The molecule has 0 radical (unpaired) electrons. The second-order valence-corrected chi connectivity index (χ2v) is 10.4. The summed E-state index contributed by atoms with van der Waals surface area (Å²) >= 11 is 4.37. The number of carbonyl (C=O) groups is 1. The number of benzene rings is 1. The van der Waals surface area contributed by atoms with E-state index >= 15 is 0 Å². The molecule has 2 nitrogen and oxygen atoms in total. The Hall–Kier alpha value is -1.18. The molecule has 0 atom stereocenters. The van der Waals surface area contributed by atoms with E-state index in [1.54, 1.807) is 12.1 Å². The molecule has 0 amide bonds. The molecule has 0 aromatic heterocycles. The molecule has 0 saturated carbocycles. The molecule has 0 unspecified atom stereocenters. The predicted molar refractivity (Wildman–Crippen MR) is 80.0 cm³/mol. The molecule has 0 heterocycles. The van der Waals surface area contributed by atoms with Crippen LogP contribution in [-0.4, -0.2) is 21.2 Å². The zero-order valence-electron chi connectivity index (χ0n) is 11.4. The van der Waals surface area contributed by atoms with Gasteiger partial charge in [0.05, 0.1) is 12.7 Å². The summed E-state index contributed by atoms with van der Waals surface area (Å²) in [6.45, 7) is 8.50. The minimum Gasteiger partial charge on any atom is -0.465 e. The van der Waals surface area contributed by atoms with Crippen molar-refractivity contribution in [2.75, 3.05) is 7.11 Å². The van der Waals surface area contributed by atoms with Crippen LogP contribution in [0, 0.1) is 18.4 Å². The Kier molecular flexibility index (Phi) is 4.66. The highest BCUT2D eigenvalue weighted by molar-refractivity contribution is 7.80. The van der Waals surface area contributed by atoms with Gasteiger partial charge in [0.2, 0.25) is 0 Å². The Morgan fingerprint density at radius 1 is 1.33 bits per heavy atom. The lowest BCUT2D eigenvalue weighted by atomic mass is 10.1. The Morgan fingerprint density at radius 2 is 1.94 bits per heavy atom. The molecule has 0 aliphatic carbocycles. The lowest BCUT2D eigenvalue weighted by Gasteiger charge is -2.08. The van der Waals surface area contributed by atoms with E-state index in [2.05, 4.69) is 43.7 Å². The Balaban J connectivity index is 3.30. The molecular weight excluding hydrogens is 260 g/mol. The minimum absolute atomic E-state index is 0.360. The third-order valence-electron chi connectivity index (χ3n) is 2.37. The van der Waals surface area contributed by atoms with Crippen LogP contribution in [0.3, 0.4) is 0 Å². The fraction of sp³-hybridized carbons (Fsp3) is 0.357. The summed E-state index contributed by atoms with van der Waals surface area (Å²) in [7, 11) is -0.0666. The summed E-state index contributed by atoms with van der Waals surface area (Å²) in [5, 5.41) is 0. The molecule has 0 aliphatic heterocycles. The topological polar surface area (TPSA) is 26.3 Å². The van der Waals surface area contributed by atoms with Crippen molar-refractivity contribution in [2.45, 2.75) is 31.5 Å². The van der Waals surface area contributed by atoms with E-state index in [0.717, 1.165) is 16.0 Å². The average Bonchev–Trinajstić information content (AvgIpc) is 2.28. The maximum absolute atomic E-state index is 11.5. The van der Waals surface area contributed by atoms with Gasteiger partial charge in [-0.05, 0) is 24.6 Å². The lowest BCUT2D eigenvalue weighted by Crippen LogP contribution is -2.16. The predicted octanol–water partition coefficient (Wildman–Crippen LogP) is 3.30. The Labute approximate surface area is 115 Å². The molecule has 18 heavy (non-hydrogen) atoms. The van der Waals surface area contributed by atoms with Crippen LogP contribution in [-0.2, 0) is 4.74 Å². The quantitative estimate of drug-likeness (QED) is 0.369. The van der Waals surface area contributed by atoms with Crippen molar-refractivity contribution in [3.05, 3.63) is 28.8 Å². The molecule has 0 fully saturated rings. The normalized spacial score (nSPS) is 10.6. The summed E-state index contributed by atoms with van der Waals surface area (Å²) in [6.07, 6.45) is 0. The first kappa shape index (κ1) is 14.9. The van der Waals surface area contributed by atoms with E-state index in [1.165, 1.54) is 7.11 Å². The third kappa shape index (κ3) is 3.93. The molecule has 1 aromatic rings. The van der Waals surface area contributed by atoms with Gasteiger partial charge in [-0.15, -0.1) is 18.2 Å². The maximum atomic E-state index is 11.5. The van der Waals surface area contributed by atoms with Crippen molar-refractivity contribution < 1.29 is 9.53 Å². The molecule has 0 bridgehead atoms. The van der Waals surface area contributed by atoms with Gasteiger partial charge in [0.1, 0.15) is 8.07 Å². The molecule has 96 valence electrons. The SMILES string of the molecule is COC(=O)c1cc(S)c(C)c(C#C[Si](C)(C)C)c1. The van der Waals surface area contributed by atoms with E-state index in [9.17, 15) is 4.79 Å². The highest BCUT2D eigenvalue weighted by Crippen LogP contribution is 2.20. The van der Waals surface area contributed by atoms with Crippen LogP contribution in [0.25, 0.3) is 0 Å². The van der Waals surface area contributed by atoms with Crippen LogP contribution in [0.5, 0.6) is 0 Å². The van der Waals surface area contributed by atoms with Gasteiger partial charge in [0.15, 0.2) is 0 Å². The first-order valence-electron chi connectivity index (χ1n) is 5.69. The van der Waals surface area contributed by atoms with Gasteiger partial charge >= 0.3 is 5.97 Å². The molecule has 1 rings (SSSR count). The number of rotatable bonds is 1. The van der Waals surface area contributed by atoms with Gasteiger partial charge in [-0.2, -0.15) is 0 Å². The van der Waals surface area contributed by atoms with Crippen LogP contribution in [0.15, 0.2) is 17.0 Å². The second-order valence-electron chi connectivity index (χ2n) is 5.16. The Morgan fingerprint density at radius 3 is 2.44 bits per heavy atom. The molecular formula is C14H18O2SSi. The zero-order valence-corrected chi connectivity index (χ0v) is 13.3. The lowest BCUT2D eigenvalue weighted by molar-refractivity contribution is 0.0600. The van der Waals surface area contributed by atoms with Crippen LogP contribution in [0.4, 0.5) is 0 Å². The first-order chi connectivity index (χ1) is 8.24. The van der Waals surface area contributed by atoms with Crippen molar-refractivity contribution in [3.8, 4) is 11.5 Å². The fourth-order valence-electron chi connectivity index (χ4n) is 1.32. The largest absolute Gasteiger partial charge is 0.465 e. The van der Waals surface area contributed by atoms with Gasteiger partial charge in [0.25, 0.3) is 0 Å². The summed E-state index contributed by atoms with van der Waals surface area (Å²) in [6, 6.07) is 3.48. The first-order valence-corrected chi connectivity index (χ1v) is 9.64. The summed E-state index contributed by atoms with van der Waals surface area (Å²) < 4.78 is 4.72. The number of methoxy groups -OCH3 is 1. The summed E-state index contributed by atoms with van der Waals surface area (Å²) in [5.74, 6) is 2.81. The van der Waals surface area contributed by atoms with Gasteiger partial charge in [-0.1, -0.05) is 25.6 Å². The van der Waals surface area contributed by atoms with Crippen molar-refractivity contribution in [2.24, 2.45) is 0 Å². The molecule has 4 heteroatoms. The van der Waals surface area contributed by atoms with Crippen LogP contribution in [0.2, 0.25) is 19.6 Å². The van der Waals surface area contributed by atoms with Gasteiger partial charge < -0.3 is 4.74 Å². The standard InChI is InChI=1S/C14H18O2SSi/c1-10-11(6-7-18(3,4)5)8-12(9-13(10)17)14(15)16-2/h8-9,17H,1-5H3. The van der Waals surface area contributed by atoms with E-state index < -0.39 is 8.07 Å². The van der Waals surface area contributed by atoms with Crippen molar-refractivity contribution in [3.63, 3.8) is 0 Å². The number of esters is 1. The third-order valence-corrected chi connectivity index (χ3v) is 3.71. The number of carbonyl (C=O) groups excluding carboxylic acids is 1. The molecule has 1 aromatic carbocycles. The van der Waals surface area contributed by atoms with Gasteiger partial charge in [-0.25, -0.2) is 4.79 Å². The van der Waals surface area contributed by atoms with Crippen molar-refractivity contribution in [1.29, 1.82) is 0 Å². The van der Waals surface area contributed by atoms with E-state index in [4.69, 9.17) is 4.74 Å². The van der Waals surface area contributed by atoms with E-state index in [0.29, 0.717) is 5.56 Å². The number of hydrogen-bond donors (Lipinski definition) is 1. The molecule has 0 N–H and O–H groups in total. The van der Waals surface area contributed by atoms with Gasteiger partial charge in [0, 0.05) is 10.5 Å². The fourth-order valence-corrected chi connectivity index (χ4v) is 2.09. The minimum atomic E-state index is -1.44. The van der Waals surface area contributed by atoms with E-state index in [-0.39, 0.29) is 5.97 Å². The van der Waals surface area contributed by atoms with Crippen molar-refractivity contribution in [1.82, 2.24) is 0 Å². The Bertz CT molecular complexity index is 533. The summed E-state index contributed by atoms with van der Waals surface area (Å²) in [4.78, 5) is 12.3. The molecule has 0 saturated heterocycles. The maximum Gasteiger partial charge on any atom is 0.337 e. The number of ether oxygens (including phenoxy) is 1. The second kappa shape index (κ2) is 5.64. The molecule has 0 aliphatic rings. The summed E-state index contributed by atoms with van der Waals surface area (Å²) in [5.41, 5.74) is 5.64. The number of thiol groups is 1. The average molecular weight is 278 g/mol. The van der Waals surface area contributed by atoms with Crippen LogP contribution in [0.1, 0.15) is 21.5 Å². The van der Waals surface area contributed by atoms with Crippen LogP contribution >= 0.6 is 12.6 Å². The number of hydrogen-bond acceptors (Lipinski definition) is 3. The monoisotopic (exact) mass is 278 g/mol. The van der Waals surface area contributed by atoms with Gasteiger partial charge in [-0.3, -0.25) is 0 Å². The molecule has 0 spiro atoms.